The lowest BCUT2D eigenvalue weighted by Crippen LogP contribution is -2.39. The van der Waals surface area contributed by atoms with Gasteiger partial charge in [0.25, 0.3) is 5.91 Å². The largest absolute Gasteiger partial charge is 0.385 e. The normalized spacial score (nSPS) is 11.0. The first-order chi connectivity index (χ1) is 9.36. The summed E-state index contributed by atoms with van der Waals surface area (Å²) in [6.07, 6.45) is 1.69. The second kappa shape index (κ2) is 7.27. The lowest BCUT2D eigenvalue weighted by molar-refractivity contribution is 0.0682. The number of amides is 1. The summed E-state index contributed by atoms with van der Waals surface area (Å²) in [5, 5.41) is 3.26. The summed E-state index contributed by atoms with van der Waals surface area (Å²) in [7, 11) is 0. The molecule has 0 fully saturated rings. The molecule has 0 bridgehead atoms. The lowest BCUT2D eigenvalue weighted by Gasteiger charge is -2.29. The minimum Gasteiger partial charge on any atom is -0.385 e. The molecule has 112 valence electrons. The molecule has 20 heavy (non-hydrogen) atoms. The number of carbonyl (C=O) groups is 1. The molecule has 0 saturated heterocycles. The Morgan fingerprint density at radius 1 is 1.35 bits per heavy atom. The summed E-state index contributed by atoms with van der Waals surface area (Å²) in [4.78, 5) is 19.0. The Kier molecular flexibility index (Phi) is 5.99. The van der Waals surface area contributed by atoms with Gasteiger partial charge in [-0.3, -0.25) is 9.78 Å². The van der Waals surface area contributed by atoms with Crippen molar-refractivity contribution in [3.63, 3.8) is 0 Å². The summed E-state index contributed by atoms with van der Waals surface area (Å²) in [6, 6.07) is 2.12. The topological polar surface area (TPSA) is 45.2 Å². The minimum atomic E-state index is 0.0529. The molecule has 0 atom stereocenters. The highest BCUT2D eigenvalue weighted by atomic mass is 16.2. The van der Waals surface area contributed by atoms with Crippen molar-refractivity contribution in [3.8, 4) is 0 Å². The third-order valence-corrected chi connectivity index (χ3v) is 3.08. The Hall–Kier alpha value is -1.58. The Labute approximate surface area is 122 Å². The van der Waals surface area contributed by atoms with Crippen molar-refractivity contribution in [3.05, 3.63) is 23.5 Å². The van der Waals surface area contributed by atoms with Crippen LogP contribution in [-0.2, 0) is 0 Å². The van der Waals surface area contributed by atoms with E-state index in [-0.39, 0.29) is 11.9 Å². The van der Waals surface area contributed by atoms with Crippen LogP contribution in [-0.4, -0.2) is 34.9 Å². The Balaban J connectivity index is 3.10. The van der Waals surface area contributed by atoms with Gasteiger partial charge < -0.3 is 10.2 Å². The zero-order valence-electron chi connectivity index (χ0n) is 13.5. The van der Waals surface area contributed by atoms with Gasteiger partial charge in [0, 0.05) is 31.0 Å². The second-order valence-electron chi connectivity index (χ2n) is 5.85. The van der Waals surface area contributed by atoms with Crippen molar-refractivity contribution >= 4 is 11.6 Å². The number of anilines is 1. The summed E-state index contributed by atoms with van der Waals surface area (Å²) in [5.74, 6) is 0.500. The highest BCUT2D eigenvalue weighted by Crippen LogP contribution is 2.19. The monoisotopic (exact) mass is 277 g/mol. The van der Waals surface area contributed by atoms with Crippen LogP contribution in [0, 0.1) is 12.8 Å². The minimum absolute atomic E-state index is 0.0529. The molecule has 1 amide bonds. The molecule has 1 aromatic rings. The number of aryl methyl sites for hydroxylation is 1. The van der Waals surface area contributed by atoms with E-state index in [1.165, 1.54) is 0 Å². The van der Waals surface area contributed by atoms with Gasteiger partial charge in [0.05, 0.1) is 11.3 Å². The van der Waals surface area contributed by atoms with Crippen molar-refractivity contribution in [1.82, 2.24) is 9.88 Å². The van der Waals surface area contributed by atoms with Crippen LogP contribution in [0.1, 0.15) is 50.7 Å². The van der Waals surface area contributed by atoms with Gasteiger partial charge in [-0.1, -0.05) is 13.8 Å². The summed E-state index contributed by atoms with van der Waals surface area (Å²) >= 11 is 0. The van der Waals surface area contributed by atoms with Crippen LogP contribution in [0.25, 0.3) is 0 Å². The summed E-state index contributed by atoms with van der Waals surface area (Å²) < 4.78 is 0. The molecule has 0 spiro atoms. The van der Waals surface area contributed by atoms with Crippen LogP contribution in [0.15, 0.2) is 12.3 Å². The number of nitrogens with zero attached hydrogens (tertiary/aromatic N) is 2. The summed E-state index contributed by atoms with van der Waals surface area (Å²) in [6.45, 7) is 13.9. The molecule has 4 heteroatoms. The van der Waals surface area contributed by atoms with Gasteiger partial charge in [-0.15, -0.1) is 0 Å². The van der Waals surface area contributed by atoms with E-state index in [2.05, 4.69) is 38.0 Å². The van der Waals surface area contributed by atoms with E-state index in [1.54, 1.807) is 6.20 Å². The van der Waals surface area contributed by atoms with Crippen molar-refractivity contribution in [1.29, 1.82) is 0 Å². The molecule has 0 saturated carbocycles. The highest BCUT2D eigenvalue weighted by molar-refractivity contribution is 5.99. The molecule has 1 aromatic heterocycles. The van der Waals surface area contributed by atoms with Crippen LogP contribution in [0.2, 0.25) is 0 Å². The van der Waals surface area contributed by atoms with Crippen LogP contribution >= 0.6 is 0 Å². The molecule has 1 rings (SSSR count). The van der Waals surface area contributed by atoms with Gasteiger partial charge in [-0.25, -0.2) is 0 Å². The molecule has 0 aliphatic carbocycles. The lowest BCUT2D eigenvalue weighted by atomic mass is 10.1. The van der Waals surface area contributed by atoms with E-state index < -0.39 is 0 Å². The van der Waals surface area contributed by atoms with E-state index in [0.717, 1.165) is 24.5 Å². The van der Waals surface area contributed by atoms with E-state index >= 15 is 0 Å². The molecule has 1 heterocycles. The van der Waals surface area contributed by atoms with Gasteiger partial charge in [0.15, 0.2) is 0 Å². The number of hydrogen-bond donors (Lipinski definition) is 1. The molecule has 4 nitrogen and oxygen atoms in total. The van der Waals surface area contributed by atoms with Crippen molar-refractivity contribution < 1.29 is 4.79 Å². The average molecular weight is 277 g/mol. The van der Waals surface area contributed by atoms with Gasteiger partial charge in [-0.2, -0.15) is 0 Å². The van der Waals surface area contributed by atoms with Gasteiger partial charge in [0.2, 0.25) is 0 Å². The van der Waals surface area contributed by atoms with Crippen molar-refractivity contribution in [2.24, 2.45) is 5.92 Å². The number of nitrogens with one attached hydrogen (secondary N) is 1. The molecule has 0 unspecified atom stereocenters. The smallest absolute Gasteiger partial charge is 0.257 e. The first kappa shape index (κ1) is 16.5. The maximum atomic E-state index is 12.8. The molecule has 0 aromatic carbocycles. The third-order valence-electron chi connectivity index (χ3n) is 3.08. The molecule has 1 N–H and O–H groups in total. The maximum absolute atomic E-state index is 12.8. The fourth-order valence-corrected chi connectivity index (χ4v) is 2.14. The molecule has 0 aliphatic rings. The fraction of sp³-hybridized carbons (Fsp3) is 0.625. The van der Waals surface area contributed by atoms with E-state index in [9.17, 15) is 4.79 Å². The van der Waals surface area contributed by atoms with E-state index in [1.807, 2.05) is 24.8 Å². The molecule has 0 radical (unpaired) electrons. The van der Waals surface area contributed by atoms with Crippen LogP contribution < -0.4 is 5.32 Å². The van der Waals surface area contributed by atoms with Crippen LogP contribution in [0.3, 0.4) is 0 Å². The maximum Gasteiger partial charge on any atom is 0.257 e. The first-order valence-corrected chi connectivity index (χ1v) is 7.38. The van der Waals surface area contributed by atoms with Crippen LogP contribution in [0.5, 0.6) is 0 Å². The van der Waals surface area contributed by atoms with Gasteiger partial charge in [-0.05, 0) is 39.7 Å². The highest BCUT2D eigenvalue weighted by Gasteiger charge is 2.22. The SMILES string of the molecule is CCNc1cc(C)ncc1C(=O)N(CC(C)C)C(C)C. The average Bonchev–Trinajstić information content (AvgIpc) is 2.35. The summed E-state index contributed by atoms with van der Waals surface area (Å²) in [5.41, 5.74) is 2.45. The van der Waals surface area contributed by atoms with Gasteiger partial charge in [0.1, 0.15) is 0 Å². The van der Waals surface area contributed by atoms with Crippen molar-refractivity contribution in [2.45, 2.75) is 47.6 Å². The Morgan fingerprint density at radius 2 is 2.00 bits per heavy atom. The standard InChI is InChI=1S/C16H27N3O/c1-7-17-15-8-13(6)18-9-14(15)16(20)19(12(4)5)10-11(2)3/h8-9,11-12H,7,10H2,1-6H3,(H,17,18). The van der Waals surface area contributed by atoms with E-state index in [0.29, 0.717) is 11.5 Å². The number of pyridine rings is 1. The second-order valence-corrected chi connectivity index (χ2v) is 5.85. The third kappa shape index (κ3) is 4.22. The first-order valence-electron chi connectivity index (χ1n) is 7.38. The van der Waals surface area contributed by atoms with E-state index in [4.69, 9.17) is 0 Å². The Morgan fingerprint density at radius 3 is 2.50 bits per heavy atom. The predicted molar refractivity (Wildman–Crippen MR) is 84.1 cm³/mol. The quantitative estimate of drug-likeness (QED) is 0.867. The number of hydrogen-bond acceptors (Lipinski definition) is 3. The fourth-order valence-electron chi connectivity index (χ4n) is 2.14. The zero-order chi connectivity index (χ0) is 15.3. The van der Waals surface area contributed by atoms with Gasteiger partial charge >= 0.3 is 0 Å². The molecular formula is C16H27N3O. The molecular weight excluding hydrogens is 250 g/mol. The Bertz CT molecular complexity index is 455. The van der Waals surface area contributed by atoms with Crippen molar-refractivity contribution in [2.75, 3.05) is 18.4 Å². The number of carbonyl (C=O) groups excluding carboxylic acids is 1. The zero-order valence-corrected chi connectivity index (χ0v) is 13.5. The number of rotatable bonds is 6. The molecule has 0 aliphatic heterocycles. The predicted octanol–water partition coefficient (Wildman–Crippen LogP) is 3.33. The number of aromatic nitrogens is 1. The van der Waals surface area contributed by atoms with Crippen LogP contribution in [0.4, 0.5) is 5.69 Å².